The summed E-state index contributed by atoms with van der Waals surface area (Å²) < 4.78 is 5.23. The lowest BCUT2D eigenvalue weighted by molar-refractivity contribution is 0.185. The van der Waals surface area contributed by atoms with Gasteiger partial charge in [0.15, 0.2) is 0 Å². The second-order valence-corrected chi connectivity index (χ2v) is 3.23. The van der Waals surface area contributed by atoms with E-state index in [1.54, 1.807) is 0 Å². The van der Waals surface area contributed by atoms with Gasteiger partial charge in [0.2, 0.25) is 0 Å². The van der Waals surface area contributed by atoms with Gasteiger partial charge in [-0.2, -0.15) is 5.26 Å². The summed E-state index contributed by atoms with van der Waals surface area (Å²) in [5, 5.41) is 11.9. The van der Waals surface area contributed by atoms with Crippen molar-refractivity contribution >= 4 is 0 Å². The molecule has 0 amide bonds. The van der Waals surface area contributed by atoms with Gasteiger partial charge in [0.1, 0.15) is 0 Å². The van der Waals surface area contributed by atoms with Crippen molar-refractivity contribution in [1.82, 2.24) is 5.32 Å². The highest BCUT2D eigenvalue weighted by Crippen LogP contribution is 2.10. The molecule has 12 heavy (non-hydrogen) atoms. The summed E-state index contributed by atoms with van der Waals surface area (Å²) >= 11 is 0. The van der Waals surface area contributed by atoms with E-state index in [2.05, 4.69) is 11.4 Å². The Morgan fingerprint density at radius 2 is 2.58 bits per heavy atom. The predicted molar refractivity (Wildman–Crippen MR) is 46.6 cm³/mol. The molecule has 1 N–H and O–H groups in total. The van der Waals surface area contributed by atoms with Crippen LogP contribution in [0, 0.1) is 17.2 Å². The van der Waals surface area contributed by atoms with Gasteiger partial charge in [-0.25, -0.2) is 0 Å². The van der Waals surface area contributed by atoms with Crippen molar-refractivity contribution < 1.29 is 4.74 Å². The normalized spacial score (nSPS) is 25.2. The molecule has 1 aliphatic rings. The van der Waals surface area contributed by atoms with E-state index in [9.17, 15) is 0 Å². The van der Waals surface area contributed by atoms with E-state index < -0.39 is 0 Å². The molecule has 0 aromatic rings. The fraction of sp³-hybridized carbons (Fsp3) is 0.889. The number of hydrogen-bond acceptors (Lipinski definition) is 3. The summed E-state index contributed by atoms with van der Waals surface area (Å²) in [5.41, 5.74) is 0. The van der Waals surface area contributed by atoms with Crippen LogP contribution in [0.1, 0.15) is 19.8 Å². The Kier molecular flexibility index (Phi) is 4.06. The largest absolute Gasteiger partial charge is 0.381 e. The average molecular weight is 168 g/mol. The molecule has 0 aliphatic carbocycles. The third-order valence-electron chi connectivity index (χ3n) is 2.24. The van der Waals surface area contributed by atoms with E-state index in [0.29, 0.717) is 5.92 Å². The summed E-state index contributed by atoms with van der Waals surface area (Å²) in [6.45, 7) is 4.68. The van der Waals surface area contributed by atoms with E-state index in [-0.39, 0.29) is 6.04 Å². The molecule has 3 heteroatoms. The van der Waals surface area contributed by atoms with Crippen LogP contribution in [0.2, 0.25) is 0 Å². The molecule has 68 valence electrons. The first kappa shape index (κ1) is 9.50. The fourth-order valence-corrected chi connectivity index (χ4v) is 1.33. The first-order valence-electron chi connectivity index (χ1n) is 4.57. The highest BCUT2D eigenvalue weighted by atomic mass is 16.5. The van der Waals surface area contributed by atoms with Gasteiger partial charge in [0.25, 0.3) is 0 Å². The molecule has 0 spiro atoms. The standard InChI is InChI=1S/C9H16N2O/c1-2-9(5-10)11-6-8-3-4-12-7-8/h8-9,11H,2-4,6-7H2,1H3. The molecule has 0 saturated carbocycles. The minimum Gasteiger partial charge on any atom is -0.381 e. The van der Waals surface area contributed by atoms with Crippen molar-refractivity contribution in [3.05, 3.63) is 0 Å². The third-order valence-corrected chi connectivity index (χ3v) is 2.24. The van der Waals surface area contributed by atoms with Crippen LogP contribution in [0.4, 0.5) is 0 Å². The number of rotatable bonds is 4. The lowest BCUT2D eigenvalue weighted by Gasteiger charge is -2.12. The SMILES string of the molecule is CCC(C#N)NCC1CCOC1. The van der Waals surface area contributed by atoms with Crippen molar-refractivity contribution in [2.45, 2.75) is 25.8 Å². The number of ether oxygens (including phenoxy) is 1. The van der Waals surface area contributed by atoms with E-state index in [0.717, 1.165) is 32.6 Å². The van der Waals surface area contributed by atoms with Gasteiger partial charge in [-0.15, -0.1) is 0 Å². The van der Waals surface area contributed by atoms with Crippen LogP contribution in [-0.2, 0) is 4.74 Å². The van der Waals surface area contributed by atoms with Gasteiger partial charge in [-0.05, 0) is 18.8 Å². The first-order chi connectivity index (χ1) is 5.86. The van der Waals surface area contributed by atoms with E-state index >= 15 is 0 Å². The minimum atomic E-state index is 0.0191. The van der Waals surface area contributed by atoms with Gasteiger partial charge >= 0.3 is 0 Å². The van der Waals surface area contributed by atoms with E-state index in [4.69, 9.17) is 10.00 Å². The van der Waals surface area contributed by atoms with Gasteiger partial charge in [-0.3, -0.25) is 0 Å². The summed E-state index contributed by atoms with van der Waals surface area (Å²) in [4.78, 5) is 0. The van der Waals surface area contributed by atoms with Gasteiger partial charge in [0, 0.05) is 13.2 Å². The van der Waals surface area contributed by atoms with Crippen LogP contribution >= 0.6 is 0 Å². The maximum Gasteiger partial charge on any atom is 0.0950 e. The van der Waals surface area contributed by atoms with E-state index in [1.165, 1.54) is 0 Å². The predicted octanol–water partition coefficient (Wildman–Crippen LogP) is 0.915. The highest BCUT2D eigenvalue weighted by molar-refractivity contribution is 4.88. The van der Waals surface area contributed by atoms with Crippen LogP contribution in [0.3, 0.4) is 0 Å². The molecular weight excluding hydrogens is 152 g/mol. The Balaban J connectivity index is 2.11. The second kappa shape index (κ2) is 5.13. The zero-order valence-electron chi connectivity index (χ0n) is 7.55. The molecule has 0 aromatic carbocycles. The highest BCUT2D eigenvalue weighted by Gasteiger charge is 2.16. The maximum absolute atomic E-state index is 8.66. The number of nitrogens with one attached hydrogen (secondary N) is 1. The summed E-state index contributed by atoms with van der Waals surface area (Å²) in [5.74, 6) is 0.618. The van der Waals surface area contributed by atoms with Crippen LogP contribution in [0.15, 0.2) is 0 Å². The number of nitrogens with zero attached hydrogens (tertiary/aromatic N) is 1. The summed E-state index contributed by atoms with van der Waals surface area (Å²) in [7, 11) is 0. The fourth-order valence-electron chi connectivity index (χ4n) is 1.33. The molecule has 1 aliphatic heterocycles. The summed E-state index contributed by atoms with van der Waals surface area (Å²) in [6, 6.07) is 2.24. The molecule has 0 bridgehead atoms. The Morgan fingerprint density at radius 3 is 3.08 bits per heavy atom. The molecule has 2 unspecified atom stereocenters. The van der Waals surface area contributed by atoms with Crippen LogP contribution in [0.25, 0.3) is 0 Å². The summed E-state index contributed by atoms with van der Waals surface area (Å²) in [6.07, 6.45) is 2.01. The van der Waals surface area contributed by atoms with Gasteiger partial charge in [-0.1, -0.05) is 6.92 Å². The first-order valence-corrected chi connectivity index (χ1v) is 4.57. The van der Waals surface area contributed by atoms with Gasteiger partial charge in [0.05, 0.1) is 18.7 Å². The molecule has 2 atom stereocenters. The zero-order valence-corrected chi connectivity index (χ0v) is 7.55. The molecule has 0 radical (unpaired) electrons. The van der Waals surface area contributed by atoms with Crippen LogP contribution < -0.4 is 5.32 Å². The number of hydrogen-bond donors (Lipinski definition) is 1. The van der Waals surface area contributed by atoms with Gasteiger partial charge < -0.3 is 10.1 Å². The van der Waals surface area contributed by atoms with Crippen molar-refractivity contribution in [3.63, 3.8) is 0 Å². The Bertz CT molecular complexity index is 158. The van der Waals surface area contributed by atoms with Crippen molar-refractivity contribution in [1.29, 1.82) is 5.26 Å². The molecule has 0 aromatic heterocycles. The molecule has 1 fully saturated rings. The quantitative estimate of drug-likeness (QED) is 0.678. The van der Waals surface area contributed by atoms with Crippen molar-refractivity contribution in [2.75, 3.05) is 19.8 Å². The minimum absolute atomic E-state index is 0.0191. The molecule has 1 rings (SSSR count). The van der Waals surface area contributed by atoms with Crippen molar-refractivity contribution in [3.8, 4) is 6.07 Å². The van der Waals surface area contributed by atoms with Crippen LogP contribution in [0.5, 0.6) is 0 Å². The Hall–Kier alpha value is -0.590. The molecular formula is C9H16N2O. The second-order valence-electron chi connectivity index (χ2n) is 3.23. The van der Waals surface area contributed by atoms with Crippen molar-refractivity contribution in [2.24, 2.45) is 5.92 Å². The molecule has 1 saturated heterocycles. The monoisotopic (exact) mass is 168 g/mol. The maximum atomic E-state index is 8.66. The third kappa shape index (κ3) is 2.80. The Labute approximate surface area is 73.7 Å². The van der Waals surface area contributed by atoms with Crippen LogP contribution in [-0.4, -0.2) is 25.8 Å². The average Bonchev–Trinajstić information content (AvgIpc) is 2.59. The number of nitriles is 1. The smallest absolute Gasteiger partial charge is 0.0950 e. The Morgan fingerprint density at radius 1 is 1.75 bits per heavy atom. The lowest BCUT2D eigenvalue weighted by atomic mass is 10.1. The molecule has 1 heterocycles. The molecule has 3 nitrogen and oxygen atoms in total. The lowest BCUT2D eigenvalue weighted by Crippen LogP contribution is -2.31. The van der Waals surface area contributed by atoms with E-state index in [1.807, 2.05) is 6.92 Å². The zero-order chi connectivity index (χ0) is 8.81. The topological polar surface area (TPSA) is 45.0 Å².